The molecule has 6 heteroatoms. The van der Waals surface area contributed by atoms with Crippen molar-refractivity contribution in [3.63, 3.8) is 0 Å². The second kappa shape index (κ2) is 4.59. The zero-order valence-corrected chi connectivity index (χ0v) is 11.3. The first-order valence-corrected chi connectivity index (χ1v) is 6.52. The van der Waals surface area contributed by atoms with Gasteiger partial charge in [0.05, 0.1) is 6.07 Å². The molecular formula is C11H17N5S. The summed E-state index contributed by atoms with van der Waals surface area (Å²) in [6.07, 6.45) is 0. The van der Waals surface area contributed by atoms with Crippen molar-refractivity contribution in [2.24, 2.45) is 0 Å². The summed E-state index contributed by atoms with van der Waals surface area (Å²) >= 11 is 1.45. The smallest absolute Gasteiger partial charge is 0.205 e. The van der Waals surface area contributed by atoms with E-state index in [-0.39, 0.29) is 5.54 Å². The lowest BCUT2D eigenvalue weighted by molar-refractivity contribution is 0.158. The number of hydrogen-bond donors (Lipinski definition) is 0. The lowest BCUT2D eigenvalue weighted by atomic mass is 10.0. The van der Waals surface area contributed by atoms with Crippen LogP contribution in [0.25, 0.3) is 0 Å². The maximum atomic E-state index is 9.11. The first-order chi connectivity index (χ1) is 8.03. The van der Waals surface area contributed by atoms with Crippen LogP contribution in [-0.4, -0.2) is 46.0 Å². The van der Waals surface area contributed by atoms with Gasteiger partial charge in [0, 0.05) is 37.7 Å². The molecule has 1 saturated heterocycles. The Kier molecular flexibility index (Phi) is 3.31. The minimum absolute atomic E-state index is 0.372. The Hall–Kier alpha value is -1.19. The fourth-order valence-electron chi connectivity index (χ4n) is 1.94. The van der Waals surface area contributed by atoms with E-state index in [0.29, 0.717) is 0 Å². The average molecular weight is 251 g/mol. The van der Waals surface area contributed by atoms with Crippen LogP contribution in [0.1, 0.15) is 19.7 Å². The molecule has 0 spiro atoms. The van der Waals surface area contributed by atoms with Crippen LogP contribution in [0.2, 0.25) is 0 Å². The molecule has 0 aromatic carbocycles. The third kappa shape index (κ3) is 2.56. The van der Waals surface area contributed by atoms with Gasteiger partial charge >= 0.3 is 0 Å². The number of nitriles is 1. The molecule has 92 valence electrons. The maximum Gasteiger partial charge on any atom is 0.205 e. The van der Waals surface area contributed by atoms with Crippen LogP contribution < -0.4 is 4.90 Å². The van der Waals surface area contributed by atoms with E-state index in [9.17, 15) is 0 Å². The van der Waals surface area contributed by atoms with Gasteiger partial charge in [0.1, 0.15) is 11.4 Å². The standard InChI is InChI=1S/C11H17N5S/c1-9-13-10(17-14-9)15-4-6-16(7-5-15)11(2,3)8-12/h4-7H2,1-3H3. The van der Waals surface area contributed by atoms with Gasteiger partial charge in [-0.2, -0.15) is 9.64 Å². The first kappa shape index (κ1) is 12.3. The van der Waals surface area contributed by atoms with E-state index >= 15 is 0 Å². The molecule has 0 amide bonds. The van der Waals surface area contributed by atoms with Crippen LogP contribution >= 0.6 is 11.5 Å². The van der Waals surface area contributed by atoms with E-state index in [1.54, 1.807) is 0 Å². The molecule has 1 aliphatic rings. The molecule has 0 atom stereocenters. The molecule has 0 N–H and O–H groups in total. The Balaban J connectivity index is 1.97. The van der Waals surface area contributed by atoms with E-state index in [4.69, 9.17) is 5.26 Å². The third-order valence-corrected chi connectivity index (χ3v) is 4.00. The topological polar surface area (TPSA) is 56.1 Å². The highest BCUT2D eigenvalue weighted by Crippen LogP contribution is 2.21. The predicted molar refractivity (Wildman–Crippen MR) is 68.1 cm³/mol. The van der Waals surface area contributed by atoms with Crippen LogP contribution in [0.15, 0.2) is 0 Å². The van der Waals surface area contributed by atoms with Gasteiger partial charge in [-0.25, -0.2) is 4.98 Å². The fourth-order valence-corrected chi connectivity index (χ4v) is 2.67. The molecule has 0 saturated carbocycles. The second-order valence-corrected chi connectivity index (χ2v) is 5.50. The van der Waals surface area contributed by atoms with Gasteiger partial charge in [-0.15, -0.1) is 0 Å². The lowest BCUT2D eigenvalue weighted by Crippen LogP contribution is -2.54. The van der Waals surface area contributed by atoms with Crippen molar-refractivity contribution >= 4 is 16.7 Å². The van der Waals surface area contributed by atoms with Gasteiger partial charge in [0.25, 0.3) is 0 Å². The molecular weight excluding hydrogens is 234 g/mol. The van der Waals surface area contributed by atoms with Crippen molar-refractivity contribution < 1.29 is 0 Å². The summed E-state index contributed by atoms with van der Waals surface area (Å²) in [6.45, 7) is 9.49. The Morgan fingerprint density at radius 2 is 1.94 bits per heavy atom. The number of anilines is 1. The molecule has 0 unspecified atom stereocenters. The second-order valence-electron chi connectivity index (χ2n) is 4.77. The molecule has 0 radical (unpaired) electrons. The molecule has 1 aromatic rings. The van der Waals surface area contributed by atoms with Crippen molar-refractivity contribution in [3.05, 3.63) is 5.82 Å². The van der Waals surface area contributed by atoms with Gasteiger partial charge in [-0.3, -0.25) is 4.90 Å². The van der Waals surface area contributed by atoms with Crippen LogP contribution in [0.5, 0.6) is 0 Å². The molecule has 2 rings (SSSR count). The van der Waals surface area contributed by atoms with Crippen LogP contribution in [0.3, 0.4) is 0 Å². The van der Waals surface area contributed by atoms with Crippen molar-refractivity contribution in [2.75, 3.05) is 31.1 Å². The number of nitrogens with zero attached hydrogens (tertiary/aromatic N) is 5. The highest BCUT2D eigenvalue weighted by Gasteiger charge is 2.30. The number of aryl methyl sites for hydroxylation is 1. The largest absolute Gasteiger partial charge is 0.344 e. The van der Waals surface area contributed by atoms with Crippen molar-refractivity contribution in [2.45, 2.75) is 26.3 Å². The highest BCUT2D eigenvalue weighted by atomic mass is 32.1. The number of aromatic nitrogens is 2. The van der Waals surface area contributed by atoms with Crippen LogP contribution in [0, 0.1) is 18.3 Å². The fraction of sp³-hybridized carbons (Fsp3) is 0.727. The Bertz CT molecular complexity index is 425. The zero-order valence-electron chi connectivity index (χ0n) is 10.5. The van der Waals surface area contributed by atoms with E-state index in [1.807, 2.05) is 20.8 Å². The van der Waals surface area contributed by atoms with E-state index in [0.717, 1.165) is 37.1 Å². The molecule has 1 aromatic heterocycles. The van der Waals surface area contributed by atoms with Crippen LogP contribution in [-0.2, 0) is 0 Å². The normalized spacial score (nSPS) is 18.1. The van der Waals surface area contributed by atoms with Crippen molar-refractivity contribution in [1.29, 1.82) is 5.26 Å². The minimum Gasteiger partial charge on any atom is -0.344 e. The lowest BCUT2D eigenvalue weighted by Gasteiger charge is -2.40. The third-order valence-electron chi connectivity index (χ3n) is 3.13. The van der Waals surface area contributed by atoms with E-state index in [2.05, 4.69) is 25.2 Å². The summed E-state index contributed by atoms with van der Waals surface area (Å²) in [5, 5.41) is 10.1. The molecule has 0 bridgehead atoms. The van der Waals surface area contributed by atoms with Crippen molar-refractivity contribution in [3.8, 4) is 6.07 Å². The highest BCUT2D eigenvalue weighted by molar-refractivity contribution is 7.09. The molecule has 1 fully saturated rings. The number of piperazine rings is 1. The maximum absolute atomic E-state index is 9.11. The van der Waals surface area contributed by atoms with E-state index in [1.165, 1.54) is 11.5 Å². The first-order valence-electron chi connectivity index (χ1n) is 5.74. The van der Waals surface area contributed by atoms with Gasteiger partial charge < -0.3 is 4.90 Å². The summed E-state index contributed by atoms with van der Waals surface area (Å²) in [6, 6.07) is 2.35. The summed E-state index contributed by atoms with van der Waals surface area (Å²) in [7, 11) is 0. The quantitative estimate of drug-likeness (QED) is 0.792. The summed E-state index contributed by atoms with van der Waals surface area (Å²) in [5.41, 5.74) is -0.372. The van der Waals surface area contributed by atoms with Gasteiger partial charge in [-0.1, -0.05) is 0 Å². The van der Waals surface area contributed by atoms with Crippen molar-refractivity contribution in [1.82, 2.24) is 14.3 Å². The zero-order chi connectivity index (χ0) is 12.5. The number of hydrogen-bond acceptors (Lipinski definition) is 6. The summed E-state index contributed by atoms with van der Waals surface area (Å²) in [5.74, 6) is 0.838. The molecule has 17 heavy (non-hydrogen) atoms. The molecule has 1 aliphatic heterocycles. The Morgan fingerprint density at radius 1 is 1.29 bits per heavy atom. The Morgan fingerprint density at radius 3 is 2.41 bits per heavy atom. The Labute approximate surface area is 106 Å². The van der Waals surface area contributed by atoms with Gasteiger partial charge in [0.15, 0.2) is 0 Å². The number of rotatable bonds is 2. The minimum atomic E-state index is -0.372. The van der Waals surface area contributed by atoms with E-state index < -0.39 is 0 Å². The molecule has 2 heterocycles. The predicted octanol–water partition coefficient (Wildman–Crippen LogP) is 1.27. The van der Waals surface area contributed by atoms with Crippen LogP contribution in [0.4, 0.5) is 5.13 Å². The summed E-state index contributed by atoms with van der Waals surface area (Å²) in [4.78, 5) is 8.86. The van der Waals surface area contributed by atoms with Gasteiger partial charge in [0.2, 0.25) is 5.13 Å². The SMILES string of the molecule is Cc1nsc(N2CCN(C(C)(C)C#N)CC2)n1. The summed E-state index contributed by atoms with van der Waals surface area (Å²) < 4.78 is 4.20. The average Bonchev–Trinajstić information content (AvgIpc) is 2.76. The molecule has 5 nitrogen and oxygen atoms in total. The monoisotopic (exact) mass is 251 g/mol. The molecule has 0 aliphatic carbocycles. The van der Waals surface area contributed by atoms with Gasteiger partial charge in [-0.05, 0) is 20.8 Å².